The number of rotatable bonds is 4. The van der Waals surface area contributed by atoms with Crippen molar-refractivity contribution < 1.29 is 23.7 Å². The number of urea groups is 1. The summed E-state index contributed by atoms with van der Waals surface area (Å²) in [6.45, 7) is 1.82. The van der Waals surface area contributed by atoms with Gasteiger partial charge in [-0.3, -0.25) is 25.0 Å². The van der Waals surface area contributed by atoms with Gasteiger partial charge in [-0.25, -0.2) is 9.69 Å². The Balaban J connectivity index is 1.64. The van der Waals surface area contributed by atoms with Crippen LogP contribution in [0.2, 0.25) is 0 Å². The summed E-state index contributed by atoms with van der Waals surface area (Å²) in [6, 6.07) is 14.9. The van der Waals surface area contributed by atoms with Crippen molar-refractivity contribution in [3.8, 4) is 11.3 Å². The number of nitrogens with one attached hydrogen (secondary N) is 1. The third-order valence-electron chi connectivity index (χ3n) is 4.64. The molecule has 31 heavy (non-hydrogen) atoms. The number of carbonyl (C=O) groups excluding carboxylic acids is 3. The lowest BCUT2D eigenvalue weighted by atomic mass is 10.1. The summed E-state index contributed by atoms with van der Waals surface area (Å²) >= 11 is 0. The van der Waals surface area contributed by atoms with E-state index in [2.05, 4.69) is 5.32 Å². The molecule has 0 unspecified atom stereocenters. The van der Waals surface area contributed by atoms with Crippen molar-refractivity contribution in [1.82, 2.24) is 5.32 Å². The topological polar surface area (TPSA) is 123 Å². The predicted octanol–water partition coefficient (Wildman–Crippen LogP) is 3.83. The van der Waals surface area contributed by atoms with Crippen LogP contribution in [0.1, 0.15) is 11.3 Å². The van der Waals surface area contributed by atoms with Gasteiger partial charge in [0.2, 0.25) is 0 Å². The van der Waals surface area contributed by atoms with E-state index in [1.165, 1.54) is 30.3 Å². The number of amides is 4. The van der Waals surface area contributed by atoms with E-state index in [4.69, 9.17) is 4.42 Å². The number of barbiturate groups is 1. The zero-order chi connectivity index (χ0) is 22.1. The second-order valence-corrected chi connectivity index (χ2v) is 6.80. The van der Waals surface area contributed by atoms with Gasteiger partial charge >= 0.3 is 6.03 Å². The monoisotopic (exact) mass is 417 g/mol. The third-order valence-corrected chi connectivity index (χ3v) is 4.64. The van der Waals surface area contributed by atoms with Crippen LogP contribution in [-0.2, 0) is 9.59 Å². The van der Waals surface area contributed by atoms with Gasteiger partial charge in [0.05, 0.1) is 10.6 Å². The largest absolute Gasteiger partial charge is 0.457 e. The van der Waals surface area contributed by atoms with E-state index < -0.39 is 22.8 Å². The second-order valence-electron chi connectivity index (χ2n) is 6.80. The van der Waals surface area contributed by atoms with E-state index in [1.54, 1.807) is 30.3 Å². The summed E-state index contributed by atoms with van der Waals surface area (Å²) in [5, 5.41) is 12.9. The Morgan fingerprint density at radius 1 is 1.03 bits per heavy atom. The molecule has 0 radical (unpaired) electrons. The molecule has 0 aliphatic carbocycles. The number of anilines is 1. The van der Waals surface area contributed by atoms with Gasteiger partial charge in [-0.15, -0.1) is 0 Å². The predicted molar refractivity (Wildman–Crippen MR) is 111 cm³/mol. The molecule has 1 aromatic heterocycles. The Kier molecular flexibility index (Phi) is 4.92. The number of hydrogen-bond acceptors (Lipinski definition) is 6. The number of hydrogen-bond donors (Lipinski definition) is 1. The fourth-order valence-electron chi connectivity index (χ4n) is 3.13. The maximum Gasteiger partial charge on any atom is 0.335 e. The molecule has 4 amide bonds. The van der Waals surface area contributed by atoms with Crippen molar-refractivity contribution in [1.29, 1.82) is 0 Å². The van der Waals surface area contributed by atoms with Crippen LogP contribution in [-0.4, -0.2) is 22.8 Å². The third kappa shape index (κ3) is 3.84. The van der Waals surface area contributed by atoms with Crippen LogP contribution < -0.4 is 10.2 Å². The number of imide groups is 2. The molecule has 0 atom stereocenters. The minimum Gasteiger partial charge on any atom is -0.457 e. The van der Waals surface area contributed by atoms with E-state index in [0.717, 1.165) is 10.5 Å². The average molecular weight is 417 g/mol. The number of nitrogens with zero attached hydrogens (tertiary/aromatic N) is 2. The van der Waals surface area contributed by atoms with Crippen molar-refractivity contribution in [2.24, 2.45) is 0 Å². The summed E-state index contributed by atoms with van der Waals surface area (Å²) in [4.78, 5) is 48.6. The highest BCUT2D eigenvalue weighted by Gasteiger charge is 2.37. The van der Waals surface area contributed by atoms with Crippen molar-refractivity contribution in [2.75, 3.05) is 4.90 Å². The smallest absolute Gasteiger partial charge is 0.335 e. The van der Waals surface area contributed by atoms with Crippen LogP contribution in [0.15, 0.2) is 70.7 Å². The van der Waals surface area contributed by atoms with Crippen molar-refractivity contribution in [3.05, 3.63) is 87.7 Å². The molecule has 1 aliphatic rings. The minimum absolute atomic E-state index is 0.0528. The fraction of sp³-hybridized carbons (Fsp3) is 0.0455. The molecule has 0 saturated carbocycles. The first-order valence-electron chi connectivity index (χ1n) is 9.16. The number of non-ortho nitro benzene ring substituents is 1. The van der Waals surface area contributed by atoms with E-state index in [-0.39, 0.29) is 17.0 Å². The molecule has 4 rings (SSSR count). The Morgan fingerprint density at radius 3 is 2.45 bits per heavy atom. The SMILES string of the molecule is Cc1cccc(N2C(=O)NC(=O)C(=Cc3ccc(-c4ccc([N+](=O)[O-])cc4)o3)C2=O)c1. The molecule has 0 bridgehead atoms. The molecule has 1 saturated heterocycles. The Hall–Kier alpha value is -4.53. The van der Waals surface area contributed by atoms with E-state index in [0.29, 0.717) is 17.0 Å². The molecule has 3 aromatic rings. The first kappa shape index (κ1) is 19.8. The number of aryl methyl sites for hydroxylation is 1. The van der Waals surface area contributed by atoms with Crippen LogP contribution in [0.25, 0.3) is 17.4 Å². The van der Waals surface area contributed by atoms with Crippen molar-refractivity contribution >= 4 is 35.3 Å². The molecule has 2 heterocycles. The van der Waals surface area contributed by atoms with Crippen LogP contribution in [0.3, 0.4) is 0 Å². The van der Waals surface area contributed by atoms with Crippen LogP contribution >= 0.6 is 0 Å². The molecular weight excluding hydrogens is 402 g/mol. The summed E-state index contributed by atoms with van der Waals surface area (Å²) < 4.78 is 5.67. The zero-order valence-corrected chi connectivity index (χ0v) is 16.2. The normalized spacial score (nSPS) is 15.3. The van der Waals surface area contributed by atoms with Crippen LogP contribution in [0, 0.1) is 17.0 Å². The lowest BCUT2D eigenvalue weighted by Gasteiger charge is -2.26. The van der Waals surface area contributed by atoms with Gasteiger partial charge in [0.25, 0.3) is 17.5 Å². The first-order chi connectivity index (χ1) is 14.8. The van der Waals surface area contributed by atoms with E-state index in [9.17, 15) is 24.5 Å². The highest BCUT2D eigenvalue weighted by molar-refractivity contribution is 6.39. The maximum absolute atomic E-state index is 12.9. The van der Waals surface area contributed by atoms with Gasteiger partial charge in [-0.05, 0) is 55.0 Å². The molecule has 9 nitrogen and oxygen atoms in total. The molecule has 2 aromatic carbocycles. The maximum atomic E-state index is 12.9. The van der Waals surface area contributed by atoms with Gasteiger partial charge in [-0.2, -0.15) is 0 Å². The Bertz CT molecular complexity index is 1260. The lowest BCUT2D eigenvalue weighted by Crippen LogP contribution is -2.54. The molecule has 1 fully saturated rings. The standard InChI is InChI=1S/C22H15N3O6/c1-13-3-2-4-16(11-13)24-21(27)18(20(26)23-22(24)28)12-17-9-10-19(31-17)14-5-7-15(8-6-14)25(29)30/h2-12H,1H3,(H,23,26,28). The molecule has 9 heteroatoms. The lowest BCUT2D eigenvalue weighted by molar-refractivity contribution is -0.384. The summed E-state index contributed by atoms with van der Waals surface area (Å²) in [5.74, 6) is -0.984. The molecule has 1 N–H and O–H groups in total. The number of nitro benzene ring substituents is 1. The van der Waals surface area contributed by atoms with Crippen molar-refractivity contribution in [3.63, 3.8) is 0 Å². The average Bonchev–Trinajstić information content (AvgIpc) is 3.20. The van der Waals surface area contributed by atoms with Gasteiger partial charge in [0.1, 0.15) is 17.1 Å². The number of carbonyl (C=O) groups is 3. The number of benzene rings is 2. The van der Waals surface area contributed by atoms with E-state index in [1.807, 2.05) is 13.0 Å². The number of nitro groups is 1. The highest BCUT2D eigenvalue weighted by Crippen LogP contribution is 2.27. The second kappa shape index (κ2) is 7.71. The van der Waals surface area contributed by atoms with Gasteiger partial charge < -0.3 is 4.42 Å². The van der Waals surface area contributed by atoms with Crippen LogP contribution in [0.5, 0.6) is 0 Å². The van der Waals surface area contributed by atoms with Crippen LogP contribution in [0.4, 0.5) is 16.2 Å². The Labute approximate surface area is 175 Å². The minimum atomic E-state index is -0.830. The number of furan rings is 1. The van der Waals surface area contributed by atoms with Gasteiger partial charge in [0.15, 0.2) is 0 Å². The summed E-state index contributed by atoms with van der Waals surface area (Å²) in [5.41, 5.74) is 1.46. The molecule has 1 aliphatic heterocycles. The van der Waals surface area contributed by atoms with Crippen molar-refractivity contribution in [2.45, 2.75) is 6.92 Å². The van der Waals surface area contributed by atoms with E-state index >= 15 is 0 Å². The first-order valence-corrected chi connectivity index (χ1v) is 9.16. The van der Waals surface area contributed by atoms with Gasteiger partial charge in [0, 0.05) is 17.7 Å². The Morgan fingerprint density at radius 2 is 1.77 bits per heavy atom. The fourth-order valence-corrected chi connectivity index (χ4v) is 3.13. The highest BCUT2D eigenvalue weighted by atomic mass is 16.6. The molecule has 154 valence electrons. The zero-order valence-electron chi connectivity index (χ0n) is 16.2. The van der Waals surface area contributed by atoms with Gasteiger partial charge in [-0.1, -0.05) is 12.1 Å². The summed E-state index contributed by atoms with van der Waals surface area (Å²) in [7, 11) is 0. The summed E-state index contributed by atoms with van der Waals surface area (Å²) in [6.07, 6.45) is 1.25. The molecular formula is C22H15N3O6. The quantitative estimate of drug-likeness (QED) is 0.298. The molecule has 0 spiro atoms.